The number of amides is 2. The smallest absolute Gasteiger partial charge is 0.255 e. The third kappa shape index (κ3) is 3.48. The van der Waals surface area contributed by atoms with Gasteiger partial charge >= 0.3 is 0 Å². The Morgan fingerprint density at radius 2 is 1.96 bits per heavy atom. The lowest BCUT2D eigenvalue weighted by Gasteiger charge is -2.15. The molecular formula is C18H22N4O2. The molecule has 0 radical (unpaired) electrons. The molecule has 0 spiro atoms. The van der Waals surface area contributed by atoms with E-state index in [9.17, 15) is 9.59 Å². The van der Waals surface area contributed by atoms with Crippen LogP contribution in [0.5, 0.6) is 0 Å². The fraction of sp³-hybridized carbons (Fsp3) is 0.389. The molecule has 24 heavy (non-hydrogen) atoms. The third-order valence-corrected chi connectivity index (χ3v) is 4.57. The van der Waals surface area contributed by atoms with Gasteiger partial charge in [0.1, 0.15) is 0 Å². The van der Waals surface area contributed by atoms with E-state index >= 15 is 0 Å². The van der Waals surface area contributed by atoms with Crippen molar-refractivity contribution in [1.82, 2.24) is 9.78 Å². The number of carbonyl (C=O) groups is 2. The van der Waals surface area contributed by atoms with Crippen molar-refractivity contribution < 1.29 is 9.59 Å². The number of nitrogens with zero attached hydrogens (tertiary/aromatic N) is 3. The SMILES string of the molecule is CC(=O)N(C)c1ccc(C(=O)Nc2cnn(C(C)C3CC3)c2)cc1. The van der Waals surface area contributed by atoms with Gasteiger partial charge in [-0.15, -0.1) is 0 Å². The summed E-state index contributed by atoms with van der Waals surface area (Å²) in [5.41, 5.74) is 1.99. The second-order valence-electron chi connectivity index (χ2n) is 6.37. The molecule has 6 heteroatoms. The van der Waals surface area contributed by atoms with Crippen molar-refractivity contribution in [3.63, 3.8) is 0 Å². The predicted octanol–water partition coefficient (Wildman–Crippen LogP) is 3.09. The monoisotopic (exact) mass is 326 g/mol. The zero-order valence-electron chi connectivity index (χ0n) is 14.2. The van der Waals surface area contributed by atoms with E-state index in [1.54, 1.807) is 37.5 Å². The van der Waals surface area contributed by atoms with E-state index < -0.39 is 0 Å². The molecule has 1 aromatic heterocycles. The van der Waals surface area contributed by atoms with Crippen molar-refractivity contribution in [2.75, 3.05) is 17.3 Å². The Balaban J connectivity index is 1.65. The van der Waals surface area contributed by atoms with E-state index in [0.717, 1.165) is 5.69 Å². The highest BCUT2D eigenvalue weighted by molar-refractivity contribution is 6.04. The number of carbonyl (C=O) groups excluding carboxylic acids is 2. The zero-order valence-corrected chi connectivity index (χ0v) is 14.2. The quantitative estimate of drug-likeness (QED) is 0.918. The third-order valence-electron chi connectivity index (χ3n) is 4.57. The molecule has 6 nitrogen and oxygen atoms in total. The lowest BCUT2D eigenvalue weighted by molar-refractivity contribution is -0.116. The van der Waals surface area contributed by atoms with Crippen molar-refractivity contribution in [2.24, 2.45) is 5.92 Å². The van der Waals surface area contributed by atoms with E-state index in [2.05, 4.69) is 17.3 Å². The van der Waals surface area contributed by atoms with Crippen LogP contribution in [0, 0.1) is 5.92 Å². The van der Waals surface area contributed by atoms with Crippen molar-refractivity contribution in [2.45, 2.75) is 32.7 Å². The first kappa shape index (κ1) is 16.2. The van der Waals surface area contributed by atoms with Crippen LogP contribution in [0.3, 0.4) is 0 Å². The lowest BCUT2D eigenvalue weighted by atomic mass is 10.2. The van der Waals surface area contributed by atoms with Crippen molar-refractivity contribution in [1.29, 1.82) is 0 Å². The molecule has 1 heterocycles. The van der Waals surface area contributed by atoms with Gasteiger partial charge in [0.15, 0.2) is 0 Å². The zero-order chi connectivity index (χ0) is 17.3. The average molecular weight is 326 g/mol. The molecule has 1 atom stereocenters. The van der Waals surface area contributed by atoms with E-state index in [-0.39, 0.29) is 11.8 Å². The summed E-state index contributed by atoms with van der Waals surface area (Å²) in [6.45, 7) is 3.65. The van der Waals surface area contributed by atoms with Crippen LogP contribution in [0.2, 0.25) is 0 Å². The van der Waals surface area contributed by atoms with Gasteiger partial charge < -0.3 is 10.2 Å². The Morgan fingerprint density at radius 3 is 2.54 bits per heavy atom. The summed E-state index contributed by atoms with van der Waals surface area (Å²) in [7, 11) is 1.70. The summed E-state index contributed by atoms with van der Waals surface area (Å²) < 4.78 is 1.91. The van der Waals surface area contributed by atoms with Gasteiger partial charge in [-0.2, -0.15) is 5.10 Å². The maximum Gasteiger partial charge on any atom is 0.255 e. The van der Waals surface area contributed by atoms with E-state index in [1.807, 2.05) is 10.9 Å². The normalized spacial score (nSPS) is 15.0. The molecule has 1 saturated carbocycles. The van der Waals surface area contributed by atoms with Gasteiger partial charge in [0, 0.05) is 31.4 Å². The summed E-state index contributed by atoms with van der Waals surface area (Å²) in [4.78, 5) is 25.2. The minimum Gasteiger partial charge on any atom is -0.319 e. The molecule has 1 fully saturated rings. The highest BCUT2D eigenvalue weighted by Crippen LogP contribution is 2.39. The number of nitrogens with one attached hydrogen (secondary N) is 1. The molecule has 0 aliphatic heterocycles. The molecule has 3 rings (SSSR count). The van der Waals surface area contributed by atoms with Gasteiger partial charge in [0.05, 0.1) is 17.9 Å². The highest BCUT2D eigenvalue weighted by Gasteiger charge is 2.29. The van der Waals surface area contributed by atoms with Crippen LogP contribution in [0.4, 0.5) is 11.4 Å². The minimum absolute atomic E-state index is 0.0515. The fourth-order valence-electron chi connectivity index (χ4n) is 2.64. The Bertz CT molecular complexity index is 747. The molecule has 1 N–H and O–H groups in total. The Hall–Kier alpha value is -2.63. The first-order valence-corrected chi connectivity index (χ1v) is 8.15. The topological polar surface area (TPSA) is 67.2 Å². The standard InChI is InChI=1S/C18H22N4O2/c1-12(14-4-5-14)22-11-16(10-19-22)20-18(24)15-6-8-17(9-7-15)21(3)13(2)23/h6-12,14H,4-5H2,1-3H3,(H,20,24). The highest BCUT2D eigenvalue weighted by atomic mass is 16.2. The van der Waals surface area contributed by atoms with Crippen LogP contribution in [0.1, 0.15) is 43.1 Å². The molecule has 1 unspecified atom stereocenters. The summed E-state index contributed by atoms with van der Waals surface area (Å²) in [5, 5.41) is 7.20. The Kier molecular flexibility index (Phi) is 4.38. The molecule has 1 aromatic carbocycles. The summed E-state index contributed by atoms with van der Waals surface area (Å²) in [6.07, 6.45) is 6.06. The van der Waals surface area contributed by atoms with Crippen molar-refractivity contribution in [3.05, 3.63) is 42.2 Å². The van der Waals surface area contributed by atoms with Gasteiger partial charge in [0.2, 0.25) is 5.91 Å². The Morgan fingerprint density at radius 1 is 1.29 bits per heavy atom. The molecule has 0 saturated heterocycles. The fourth-order valence-corrected chi connectivity index (χ4v) is 2.64. The number of hydrogen-bond donors (Lipinski definition) is 1. The van der Waals surface area contributed by atoms with E-state index in [1.165, 1.54) is 24.7 Å². The molecule has 126 valence electrons. The van der Waals surface area contributed by atoms with Crippen LogP contribution < -0.4 is 10.2 Å². The predicted molar refractivity (Wildman–Crippen MR) is 93.1 cm³/mol. The molecule has 1 aliphatic rings. The summed E-state index contributed by atoms with van der Waals surface area (Å²) in [5.74, 6) is 0.467. The minimum atomic E-state index is -0.189. The number of benzene rings is 1. The van der Waals surface area contributed by atoms with E-state index in [0.29, 0.717) is 23.2 Å². The van der Waals surface area contributed by atoms with Gasteiger partial charge in [-0.25, -0.2) is 0 Å². The van der Waals surface area contributed by atoms with Gasteiger partial charge in [-0.3, -0.25) is 14.3 Å². The second-order valence-corrected chi connectivity index (χ2v) is 6.37. The molecule has 2 aromatic rings. The van der Waals surface area contributed by atoms with Gasteiger partial charge in [-0.1, -0.05) is 0 Å². The van der Waals surface area contributed by atoms with Gasteiger partial charge in [-0.05, 0) is 49.9 Å². The average Bonchev–Trinajstić information content (AvgIpc) is 3.33. The number of hydrogen-bond acceptors (Lipinski definition) is 3. The van der Waals surface area contributed by atoms with Crippen LogP contribution in [-0.2, 0) is 4.79 Å². The maximum atomic E-state index is 12.3. The largest absolute Gasteiger partial charge is 0.319 e. The summed E-state index contributed by atoms with van der Waals surface area (Å²) in [6, 6.07) is 7.31. The Labute approximate surface area is 141 Å². The van der Waals surface area contributed by atoms with Crippen molar-refractivity contribution in [3.8, 4) is 0 Å². The van der Waals surface area contributed by atoms with Crippen LogP contribution in [0.25, 0.3) is 0 Å². The molecule has 2 amide bonds. The van der Waals surface area contributed by atoms with Crippen LogP contribution in [-0.4, -0.2) is 28.6 Å². The van der Waals surface area contributed by atoms with Gasteiger partial charge in [0.25, 0.3) is 5.91 Å². The second kappa shape index (κ2) is 6.47. The maximum absolute atomic E-state index is 12.3. The molecule has 1 aliphatic carbocycles. The number of anilines is 2. The van der Waals surface area contributed by atoms with Crippen LogP contribution in [0.15, 0.2) is 36.7 Å². The molecule has 0 bridgehead atoms. The lowest BCUT2D eigenvalue weighted by Crippen LogP contribution is -2.22. The number of aromatic nitrogens is 2. The summed E-state index contributed by atoms with van der Waals surface area (Å²) >= 11 is 0. The number of rotatable bonds is 5. The molecular weight excluding hydrogens is 304 g/mol. The van der Waals surface area contributed by atoms with Crippen molar-refractivity contribution >= 4 is 23.2 Å². The van der Waals surface area contributed by atoms with E-state index in [4.69, 9.17) is 0 Å². The van der Waals surface area contributed by atoms with Crippen LogP contribution >= 0.6 is 0 Å². The first-order valence-electron chi connectivity index (χ1n) is 8.15. The first-order chi connectivity index (χ1) is 11.5.